The standard InChI is InChI=1S/C11H24N4O/c1-12-4-3-7-14(2)11(16)10-15-8-5-13-6-9-15/h12-13H,3-10H2,1-2H3. The molecule has 1 heterocycles. The summed E-state index contributed by atoms with van der Waals surface area (Å²) < 4.78 is 0. The van der Waals surface area contributed by atoms with Crippen LogP contribution in [0.1, 0.15) is 6.42 Å². The second-order valence-corrected chi connectivity index (χ2v) is 4.30. The van der Waals surface area contributed by atoms with Crippen molar-refractivity contribution in [2.75, 3.05) is 59.9 Å². The van der Waals surface area contributed by atoms with Crippen LogP contribution in [0.3, 0.4) is 0 Å². The summed E-state index contributed by atoms with van der Waals surface area (Å²) in [6.45, 7) is 6.33. The van der Waals surface area contributed by atoms with Crippen LogP contribution in [0, 0.1) is 0 Å². The predicted molar refractivity (Wildman–Crippen MR) is 65.5 cm³/mol. The summed E-state index contributed by atoms with van der Waals surface area (Å²) in [5, 5.41) is 6.37. The zero-order valence-corrected chi connectivity index (χ0v) is 10.5. The molecule has 1 aliphatic rings. The van der Waals surface area contributed by atoms with Crippen molar-refractivity contribution in [1.29, 1.82) is 0 Å². The zero-order valence-electron chi connectivity index (χ0n) is 10.5. The van der Waals surface area contributed by atoms with Gasteiger partial charge in [0.15, 0.2) is 0 Å². The summed E-state index contributed by atoms with van der Waals surface area (Å²) in [7, 11) is 3.82. The van der Waals surface area contributed by atoms with Crippen LogP contribution in [0.15, 0.2) is 0 Å². The van der Waals surface area contributed by atoms with Gasteiger partial charge in [0.05, 0.1) is 6.54 Å². The van der Waals surface area contributed by atoms with E-state index in [4.69, 9.17) is 0 Å². The lowest BCUT2D eigenvalue weighted by atomic mass is 10.3. The molecule has 0 aromatic carbocycles. The van der Waals surface area contributed by atoms with Gasteiger partial charge in [-0.3, -0.25) is 9.69 Å². The Balaban J connectivity index is 2.16. The van der Waals surface area contributed by atoms with Crippen LogP contribution in [0.25, 0.3) is 0 Å². The minimum absolute atomic E-state index is 0.234. The van der Waals surface area contributed by atoms with Crippen LogP contribution in [0.4, 0.5) is 0 Å². The first kappa shape index (κ1) is 13.4. The Morgan fingerprint density at radius 1 is 1.44 bits per heavy atom. The maximum atomic E-state index is 11.8. The maximum absolute atomic E-state index is 11.8. The van der Waals surface area contributed by atoms with Crippen LogP contribution in [0.2, 0.25) is 0 Å². The first-order chi connectivity index (χ1) is 7.74. The van der Waals surface area contributed by atoms with E-state index in [0.29, 0.717) is 6.54 Å². The molecule has 5 heteroatoms. The topological polar surface area (TPSA) is 47.6 Å². The van der Waals surface area contributed by atoms with E-state index in [2.05, 4.69) is 15.5 Å². The molecular formula is C11H24N4O. The second-order valence-electron chi connectivity index (χ2n) is 4.30. The Bertz CT molecular complexity index is 204. The van der Waals surface area contributed by atoms with E-state index in [1.807, 2.05) is 19.0 Å². The number of nitrogens with zero attached hydrogens (tertiary/aromatic N) is 2. The van der Waals surface area contributed by atoms with Gasteiger partial charge in [-0.05, 0) is 20.0 Å². The van der Waals surface area contributed by atoms with E-state index in [9.17, 15) is 4.79 Å². The molecule has 1 saturated heterocycles. The van der Waals surface area contributed by atoms with E-state index in [-0.39, 0.29) is 5.91 Å². The van der Waals surface area contributed by atoms with Crippen LogP contribution in [-0.4, -0.2) is 75.6 Å². The van der Waals surface area contributed by atoms with Gasteiger partial charge in [-0.15, -0.1) is 0 Å². The first-order valence-electron chi connectivity index (χ1n) is 6.05. The van der Waals surface area contributed by atoms with Crippen molar-refractivity contribution in [3.8, 4) is 0 Å². The molecule has 0 aliphatic carbocycles. The summed E-state index contributed by atoms with van der Waals surface area (Å²) in [5.74, 6) is 0.234. The Morgan fingerprint density at radius 2 is 2.12 bits per heavy atom. The smallest absolute Gasteiger partial charge is 0.236 e. The van der Waals surface area contributed by atoms with Crippen LogP contribution >= 0.6 is 0 Å². The fourth-order valence-electron chi connectivity index (χ4n) is 1.80. The maximum Gasteiger partial charge on any atom is 0.236 e. The van der Waals surface area contributed by atoms with Gasteiger partial charge in [-0.1, -0.05) is 0 Å². The van der Waals surface area contributed by atoms with Gasteiger partial charge in [0.1, 0.15) is 0 Å². The van der Waals surface area contributed by atoms with E-state index in [0.717, 1.165) is 45.7 Å². The molecule has 1 aliphatic heterocycles. The summed E-state index contributed by atoms with van der Waals surface area (Å²) >= 11 is 0. The quantitative estimate of drug-likeness (QED) is 0.570. The normalized spacial score (nSPS) is 17.4. The number of amides is 1. The fraction of sp³-hybridized carbons (Fsp3) is 0.909. The van der Waals surface area contributed by atoms with Crippen molar-refractivity contribution in [1.82, 2.24) is 20.4 Å². The molecule has 1 amide bonds. The van der Waals surface area contributed by atoms with E-state index >= 15 is 0 Å². The van der Waals surface area contributed by atoms with Crippen molar-refractivity contribution < 1.29 is 4.79 Å². The van der Waals surface area contributed by atoms with E-state index in [1.54, 1.807) is 0 Å². The van der Waals surface area contributed by atoms with Gasteiger partial charge in [-0.25, -0.2) is 0 Å². The minimum atomic E-state index is 0.234. The molecule has 0 aromatic heterocycles. The number of rotatable bonds is 6. The molecule has 16 heavy (non-hydrogen) atoms. The highest BCUT2D eigenvalue weighted by molar-refractivity contribution is 5.77. The van der Waals surface area contributed by atoms with Crippen LogP contribution < -0.4 is 10.6 Å². The summed E-state index contributed by atoms with van der Waals surface area (Å²) in [4.78, 5) is 15.9. The van der Waals surface area contributed by atoms with Crippen LogP contribution in [0.5, 0.6) is 0 Å². The molecular weight excluding hydrogens is 204 g/mol. The number of nitrogens with one attached hydrogen (secondary N) is 2. The monoisotopic (exact) mass is 228 g/mol. The number of hydrogen-bond acceptors (Lipinski definition) is 4. The van der Waals surface area contributed by atoms with Gasteiger partial charge >= 0.3 is 0 Å². The third-order valence-electron chi connectivity index (χ3n) is 2.91. The zero-order chi connectivity index (χ0) is 11.8. The molecule has 0 radical (unpaired) electrons. The Morgan fingerprint density at radius 3 is 2.75 bits per heavy atom. The Kier molecular flexibility index (Phi) is 6.37. The Labute approximate surface area is 98.2 Å². The average molecular weight is 228 g/mol. The molecule has 0 spiro atoms. The minimum Gasteiger partial charge on any atom is -0.345 e. The molecule has 0 aromatic rings. The number of carbonyl (C=O) groups excluding carboxylic acids is 1. The molecule has 0 bridgehead atoms. The highest BCUT2D eigenvalue weighted by Crippen LogP contribution is 1.95. The molecule has 5 nitrogen and oxygen atoms in total. The lowest BCUT2D eigenvalue weighted by molar-refractivity contribution is -0.131. The number of carbonyl (C=O) groups is 1. The molecule has 2 N–H and O–H groups in total. The predicted octanol–water partition coefficient (Wildman–Crippen LogP) is -1.04. The number of hydrogen-bond donors (Lipinski definition) is 2. The van der Waals surface area contributed by atoms with Gasteiger partial charge in [0.2, 0.25) is 5.91 Å². The molecule has 94 valence electrons. The summed E-state index contributed by atoms with van der Waals surface area (Å²) in [5.41, 5.74) is 0. The van der Waals surface area contributed by atoms with E-state index < -0.39 is 0 Å². The van der Waals surface area contributed by atoms with Gasteiger partial charge < -0.3 is 15.5 Å². The highest BCUT2D eigenvalue weighted by Gasteiger charge is 2.15. The molecule has 1 rings (SSSR count). The molecule has 1 fully saturated rings. The average Bonchev–Trinajstić information content (AvgIpc) is 2.30. The first-order valence-corrected chi connectivity index (χ1v) is 6.05. The fourth-order valence-corrected chi connectivity index (χ4v) is 1.80. The molecule has 0 atom stereocenters. The Hall–Kier alpha value is -0.650. The van der Waals surface area contributed by atoms with Gasteiger partial charge in [0, 0.05) is 39.8 Å². The molecule has 0 unspecified atom stereocenters. The van der Waals surface area contributed by atoms with Crippen molar-refractivity contribution >= 4 is 5.91 Å². The summed E-state index contributed by atoms with van der Waals surface area (Å²) in [6.07, 6.45) is 1.01. The van der Waals surface area contributed by atoms with Gasteiger partial charge in [-0.2, -0.15) is 0 Å². The number of piperazine rings is 1. The SMILES string of the molecule is CNCCCN(C)C(=O)CN1CCNCC1. The van der Waals surface area contributed by atoms with E-state index in [1.165, 1.54) is 0 Å². The van der Waals surface area contributed by atoms with Crippen molar-refractivity contribution in [2.24, 2.45) is 0 Å². The summed E-state index contributed by atoms with van der Waals surface area (Å²) in [6, 6.07) is 0. The molecule has 0 saturated carbocycles. The lowest BCUT2D eigenvalue weighted by Crippen LogP contribution is -2.48. The number of likely N-dealkylation sites (N-methyl/N-ethyl adjacent to an activating group) is 1. The van der Waals surface area contributed by atoms with Crippen molar-refractivity contribution in [2.45, 2.75) is 6.42 Å². The largest absolute Gasteiger partial charge is 0.345 e. The second kappa shape index (κ2) is 7.60. The lowest BCUT2D eigenvalue weighted by Gasteiger charge is -2.28. The third kappa shape index (κ3) is 4.92. The van der Waals surface area contributed by atoms with Crippen molar-refractivity contribution in [3.63, 3.8) is 0 Å². The third-order valence-corrected chi connectivity index (χ3v) is 2.91. The van der Waals surface area contributed by atoms with Crippen LogP contribution in [-0.2, 0) is 4.79 Å². The van der Waals surface area contributed by atoms with Gasteiger partial charge in [0.25, 0.3) is 0 Å². The highest BCUT2D eigenvalue weighted by atomic mass is 16.2. The van der Waals surface area contributed by atoms with Crippen molar-refractivity contribution in [3.05, 3.63) is 0 Å².